The van der Waals surface area contributed by atoms with Crippen molar-refractivity contribution in [1.29, 1.82) is 0 Å². The Morgan fingerprint density at radius 1 is 1.38 bits per heavy atom. The van der Waals surface area contributed by atoms with E-state index < -0.39 is 10.0 Å². The largest absolute Gasteiger partial charge is 0.326 e. The molecule has 21 heavy (non-hydrogen) atoms. The number of nitrogens with two attached hydrogens (primary N) is 1. The molecule has 0 saturated carbocycles. The van der Waals surface area contributed by atoms with Crippen LogP contribution in [-0.2, 0) is 16.6 Å². The van der Waals surface area contributed by atoms with E-state index >= 15 is 0 Å². The molecule has 1 aliphatic rings. The maximum Gasteiger partial charge on any atom is 0.260 e. The summed E-state index contributed by atoms with van der Waals surface area (Å²) in [5.41, 5.74) is 6.35. The summed E-state index contributed by atoms with van der Waals surface area (Å²) in [6.07, 6.45) is 4.35. The lowest BCUT2D eigenvalue weighted by atomic mass is 9.77. The number of H-pyrrole nitrogens is 1. The van der Waals surface area contributed by atoms with Crippen LogP contribution in [0.15, 0.2) is 11.2 Å². The third-order valence-corrected chi connectivity index (χ3v) is 6.32. The smallest absolute Gasteiger partial charge is 0.260 e. The summed E-state index contributed by atoms with van der Waals surface area (Å²) >= 11 is 0. The standard InChI is InChI=1S/C14H26N4O2S/c1-14(2,3)12-5-4-7-18(8-6-12)21(19,20)13-11(9-15)10-16-17-13/h10,12H,4-9,15H2,1-3H3,(H,16,17). The van der Waals surface area contributed by atoms with E-state index in [2.05, 4.69) is 31.0 Å². The zero-order chi connectivity index (χ0) is 15.7. The van der Waals surface area contributed by atoms with Gasteiger partial charge in [0.25, 0.3) is 10.0 Å². The molecule has 1 atom stereocenters. The zero-order valence-electron chi connectivity index (χ0n) is 13.1. The normalized spacial score (nSPS) is 22.2. The van der Waals surface area contributed by atoms with Crippen LogP contribution in [0.5, 0.6) is 0 Å². The summed E-state index contributed by atoms with van der Waals surface area (Å²) in [5.74, 6) is 0.549. The van der Waals surface area contributed by atoms with Crippen molar-refractivity contribution in [2.45, 2.75) is 51.6 Å². The van der Waals surface area contributed by atoms with E-state index in [1.165, 1.54) is 6.20 Å². The molecular formula is C14H26N4O2S. The molecule has 1 aromatic rings. The summed E-state index contributed by atoms with van der Waals surface area (Å²) in [7, 11) is -3.52. The first kappa shape index (κ1) is 16.5. The molecule has 120 valence electrons. The monoisotopic (exact) mass is 314 g/mol. The number of sulfonamides is 1. The average molecular weight is 314 g/mol. The molecule has 0 spiro atoms. The van der Waals surface area contributed by atoms with E-state index in [9.17, 15) is 8.42 Å². The molecule has 7 heteroatoms. The van der Waals surface area contributed by atoms with Gasteiger partial charge in [0, 0.05) is 25.2 Å². The molecule has 1 fully saturated rings. The number of nitrogens with zero attached hydrogens (tertiary/aromatic N) is 2. The molecule has 3 N–H and O–H groups in total. The van der Waals surface area contributed by atoms with E-state index in [-0.39, 0.29) is 17.0 Å². The lowest BCUT2D eigenvalue weighted by Crippen LogP contribution is -2.33. The summed E-state index contributed by atoms with van der Waals surface area (Å²) < 4.78 is 27.0. The Morgan fingerprint density at radius 3 is 2.71 bits per heavy atom. The van der Waals surface area contributed by atoms with Crippen LogP contribution in [0.1, 0.15) is 45.6 Å². The van der Waals surface area contributed by atoms with Gasteiger partial charge in [-0.25, -0.2) is 8.42 Å². The van der Waals surface area contributed by atoms with Crippen molar-refractivity contribution in [2.24, 2.45) is 17.1 Å². The van der Waals surface area contributed by atoms with Gasteiger partial charge in [0.05, 0.1) is 6.20 Å². The molecule has 6 nitrogen and oxygen atoms in total. The maximum absolute atomic E-state index is 12.7. The highest BCUT2D eigenvalue weighted by Gasteiger charge is 2.33. The number of rotatable bonds is 3. The first-order valence-electron chi connectivity index (χ1n) is 7.49. The maximum atomic E-state index is 12.7. The second kappa shape index (κ2) is 6.06. The Balaban J connectivity index is 2.19. The van der Waals surface area contributed by atoms with Gasteiger partial charge in [-0.1, -0.05) is 20.8 Å². The van der Waals surface area contributed by atoms with Crippen molar-refractivity contribution in [1.82, 2.24) is 14.5 Å². The summed E-state index contributed by atoms with van der Waals surface area (Å²) in [6, 6.07) is 0. The fourth-order valence-electron chi connectivity index (χ4n) is 2.97. The van der Waals surface area contributed by atoms with Crippen LogP contribution < -0.4 is 5.73 Å². The third-order valence-electron chi connectivity index (χ3n) is 4.41. The van der Waals surface area contributed by atoms with Crippen LogP contribution >= 0.6 is 0 Å². The Kier molecular flexibility index (Phi) is 4.75. The SMILES string of the molecule is CC(C)(C)C1CCCN(S(=O)(=O)c2[nH]ncc2CN)CC1. The predicted octanol–water partition coefficient (Wildman–Crippen LogP) is 1.71. The quantitative estimate of drug-likeness (QED) is 0.888. The molecule has 2 rings (SSSR count). The Labute approximate surface area is 127 Å². The van der Waals surface area contributed by atoms with E-state index in [1.807, 2.05) is 0 Å². The summed E-state index contributed by atoms with van der Waals surface area (Å²) in [6.45, 7) is 7.98. The first-order chi connectivity index (χ1) is 9.76. The highest BCUT2D eigenvalue weighted by molar-refractivity contribution is 7.89. The van der Waals surface area contributed by atoms with Crippen LogP contribution in [0, 0.1) is 11.3 Å². The van der Waals surface area contributed by atoms with E-state index in [0.717, 1.165) is 19.3 Å². The number of aromatic amines is 1. The molecule has 0 radical (unpaired) electrons. The van der Waals surface area contributed by atoms with Gasteiger partial charge in [0.1, 0.15) is 0 Å². The lowest BCUT2D eigenvalue weighted by Gasteiger charge is -2.29. The summed E-state index contributed by atoms with van der Waals surface area (Å²) in [4.78, 5) is 0. The third kappa shape index (κ3) is 3.46. The van der Waals surface area contributed by atoms with E-state index in [1.54, 1.807) is 4.31 Å². The second-order valence-electron chi connectivity index (χ2n) is 6.83. The minimum absolute atomic E-state index is 0.152. The van der Waals surface area contributed by atoms with Crippen molar-refractivity contribution >= 4 is 10.0 Å². The Bertz CT molecular complexity index is 574. The van der Waals surface area contributed by atoms with Crippen LogP contribution in [0.3, 0.4) is 0 Å². The van der Waals surface area contributed by atoms with Crippen molar-refractivity contribution in [3.8, 4) is 0 Å². The molecular weight excluding hydrogens is 288 g/mol. The highest BCUT2D eigenvalue weighted by atomic mass is 32.2. The molecule has 1 saturated heterocycles. The van der Waals surface area contributed by atoms with Gasteiger partial charge in [-0.2, -0.15) is 9.40 Å². The van der Waals surface area contributed by atoms with Crippen molar-refractivity contribution < 1.29 is 8.42 Å². The molecule has 0 aromatic carbocycles. The van der Waals surface area contributed by atoms with Gasteiger partial charge in [-0.05, 0) is 30.6 Å². The molecule has 1 unspecified atom stereocenters. The summed E-state index contributed by atoms with van der Waals surface area (Å²) in [5, 5.41) is 6.57. The molecule has 0 aliphatic carbocycles. The fourth-order valence-corrected chi connectivity index (χ4v) is 4.58. The molecule has 0 amide bonds. The van der Waals surface area contributed by atoms with Crippen molar-refractivity contribution in [2.75, 3.05) is 13.1 Å². The number of hydrogen-bond donors (Lipinski definition) is 2. The lowest BCUT2D eigenvalue weighted by molar-refractivity contribution is 0.217. The number of aromatic nitrogens is 2. The van der Waals surface area contributed by atoms with Gasteiger partial charge in [-0.15, -0.1) is 0 Å². The van der Waals surface area contributed by atoms with Crippen molar-refractivity contribution in [3.05, 3.63) is 11.8 Å². The molecule has 0 bridgehead atoms. The molecule has 1 aromatic heterocycles. The van der Waals surface area contributed by atoms with Gasteiger partial charge in [0.2, 0.25) is 0 Å². The average Bonchev–Trinajstić information content (AvgIpc) is 2.73. The van der Waals surface area contributed by atoms with Crippen LogP contribution in [0.2, 0.25) is 0 Å². The second-order valence-corrected chi connectivity index (χ2v) is 8.70. The van der Waals surface area contributed by atoms with Gasteiger partial charge >= 0.3 is 0 Å². The topological polar surface area (TPSA) is 92.1 Å². The predicted molar refractivity (Wildman–Crippen MR) is 82.0 cm³/mol. The minimum Gasteiger partial charge on any atom is -0.326 e. The first-order valence-corrected chi connectivity index (χ1v) is 8.93. The Morgan fingerprint density at radius 2 is 2.10 bits per heavy atom. The van der Waals surface area contributed by atoms with E-state index in [0.29, 0.717) is 24.6 Å². The van der Waals surface area contributed by atoms with Gasteiger partial charge in [-0.3, -0.25) is 5.10 Å². The number of nitrogens with one attached hydrogen (secondary N) is 1. The molecule has 2 heterocycles. The highest BCUT2D eigenvalue weighted by Crippen LogP contribution is 2.35. The molecule has 1 aliphatic heterocycles. The van der Waals surface area contributed by atoms with Gasteiger partial charge in [0.15, 0.2) is 5.03 Å². The van der Waals surface area contributed by atoms with E-state index in [4.69, 9.17) is 5.73 Å². The fraction of sp³-hybridized carbons (Fsp3) is 0.786. The minimum atomic E-state index is -3.52. The van der Waals surface area contributed by atoms with Crippen LogP contribution in [0.4, 0.5) is 0 Å². The van der Waals surface area contributed by atoms with Crippen LogP contribution in [-0.4, -0.2) is 36.0 Å². The van der Waals surface area contributed by atoms with Crippen LogP contribution in [0.25, 0.3) is 0 Å². The Hall–Kier alpha value is -0.920. The number of hydrogen-bond acceptors (Lipinski definition) is 4. The van der Waals surface area contributed by atoms with Crippen molar-refractivity contribution in [3.63, 3.8) is 0 Å². The zero-order valence-corrected chi connectivity index (χ0v) is 13.9. The van der Waals surface area contributed by atoms with Gasteiger partial charge < -0.3 is 5.73 Å².